The van der Waals surface area contributed by atoms with Gasteiger partial charge in [0.05, 0.1) is 11.7 Å². The molecule has 3 aromatic rings. The predicted molar refractivity (Wildman–Crippen MR) is 103 cm³/mol. The zero-order valence-corrected chi connectivity index (χ0v) is 15.8. The molecule has 0 saturated heterocycles. The highest BCUT2D eigenvalue weighted by Crippen LogP contribution is 2.26. The number of nitrogens with one attached hydrogen (secondary N) is 1. The second-order valence-corrected chi connectivity index (χ2v) is 7.42. The Morgan fingerprint density at radius 3 is 2.46 bits per heavy atom. The number of amides is 1. The highest BCUT2D eigenvalue weighted by atomic mass is 32.1. The molecule has 0 radical (unpaired) electrons. The Kier molecular flexibility index (Phi) is 4.73. The number of hydrogen-bond acceptors (Lipinski definition) is 5. The van der Waals surface area contributed by atoms with Crippen molar-refractivity contribution in [3.8, 4) is 0 Å². The van der Waals surface area contributed by atoms with Gasteiger partial charge in [-0.1, -0.05) is 0 Å². The van der Waals surface area contributed by atoms with Gasteiger partial charge in [-0.15, -0.1) is 11.3 Å². The molecule has 7 heteroatoms. The van der Waals surface area contributed by atoms with E-state index in [0.717, 1.165) is 10.4 Å². The zero-order valence-electron chi connectivity index (χ0n) is 15.0. The Bertz CT molecular complexity index is 1060. The van der Waals surface area contributed by atoms with Gasteiger partial charge >= 0.3 is 0 Å². The summed E-state index contributed by atoms with van der Waals surface area (Å²) in [6.45, 7) is 6.98. The van der Waals surface area contributed by atoms with Gasteiger partial charge in [0.1, 0.15) is 10.9 Å². The minimum Gasteiger partial charge on any atom is -0.324 e. The Balaban J connectivity index is 1.87. The molecule has 1 N–H and O–H groups in total. The van der Waals surface area contributed by atoms with Gasteiger partial charge in [-0.2, -0.15) is 0 Å². The molecule has 0 aliphatic rings. The van der Waals surface area contributed by atoms with Crippen LogP contribution in [0.5, 0.6) is 0 Å². The number of benzene rings is 1. The van der Waals surface area contributed by atoms with Gasteiger partial charge in [0, 0.05) is 16.1 Å². The van der Waals surface area contributed by atoms with Crippen LogP contribution < -0.4 is 10.9 Å². The van der Waals surface area contributed by atoms with Gasteiger partial charge in [0.25, 0.3) is 5.56 Å². The van der Waals surface area contributed by atoms with Gasteiger partial charge in [-0.3, -0.25) is 19.0 Å². The van der Waals surface area contributed by atoms with E-state index in [1.54, 1.807) is 31.2 Å². The molecule has 0 fully saturated rings. The van der Waals surface area contributed by atoms with E-state index in [9.17, 15) is 14.4 Å². The zero-order chi connectivity index (χ0) is 19.0. The van der Waals surface area contributed by atoms with E-state index in [4.69, 9.17) is 0 Å². The maximum Gasteiger partial charge on any atom is 0.263 e. The third kappa shape index (κ3) is 3.17. The molecule has 26 heavy (non-hydrogen) atoms. The van der Waals surface area contributed by atoms with Crippen molar-refractivity contribution in [3.05, 3.63) is 57.0 Å². The lowest BCUT2D eigenvalue weighted by Gasteiger charge is -2.15. The van der Waals surface area contributed by atoms with Crippen molar-refractivity contribution < 1.29 is 9.59 Å². The summed E-state index contributed by atoms with van der Waals surface area (Å²) in [5, 5.41) is 3.34. The first-order chi connectivity index (χ1) is 12.3. The Morgan fingerprint density at radius 2 is 1.85 bits per heavy atom. The Hall–Kier alpha value is -2.80. The van der Waals surface area contributed by atoms with E-state index < -0.39 is 6.04 Å². The number of hydrogen-bond donors (Lipinski definition) is 1. The standard InChI is InChI=1S/C19H19N3O3S/c1-10-13(4)26-18-16(10)19(25)22(9-20-18)11(2)17(24)21-15-7-5-14(6-8-15)12(3)23/h5-9,11H,1-4H3,(H,21,24). The molecule has 0 aliphatic carbocycles. The lowest BCUT2D eigenvalue weighted by molar-refractivity contribution is -0.118. The second kappa shape index (κ2) is 6.84. The van der Waals surface area contributed by atoms with E-state index >= 15 is 0 Å². The van der Waals surface area contributed by atoms with E-state index in [0.29, 0.717) is 21.5 Å². The molecule has 1 aromatic carbocycles. The molecule has 134 valence electrons. The normalized spacial score (nSPS) is 12.2. The number of anilines is 1. The SMILES string of the molecule is CC(=O)c1ccc(NC(=O)C(C)n2cnc3sc(C)c(C)c3c2=O)cc1. The first-order valence-electron chi connectivity index (χ1n) is 8.18. The summed E-state index contributed by atoms with van der Waals surface area (Å²) in [7, 11) is 0. The number of thiophene rings is 1. The monoisotopic (exact) mass is 369 g/mol. The minimum absolute atomic E-state index is 0.0383. The van der Waals surface area contributed by atoms with Gasteiger partial charge in [0.2, 0.25) is 5.91 Å². The second-order valence-electron chi connectivity index (χ2n) is 6.22. The Labute approximate surface area is 154 Å². The molecule has 0 bridgehead atoms. The summed E-state index contributed by atoms with van der Waals surface area (Å²) >= 11 is 1.48. The highest BCUT2D eigenvalue weighted by molar-refractivity contribution is 7.18. The average Bonchev–Trinajstić information content (AvgIpc) is 2.90. The summed E-state index contributed by atoms with van der Waals surface area (Å²) in [4.78, 5) is 42.7. The number of carbonyl (C=O) groups excluding carboxylic acids is 2. The van der Waals surface area contributed by atoms with Crippen LogP contribution in [0.2, 0.25) is 0 Å². The third-order valence-corrected chi connectivity index (χ3v) is 5.59. The molecule has 2 aromatic heterocycles. The smallest absolute Gasteiger partial charge is 0.263 e. The molecule has 0 aliphatic heterocycles. The number of nitrogens with zero attached hydrogens (tertiary/aromatic N) is 2. The fourth-order valence-electron chi connectivity index (χ4n) is 2.69. The fraction of sp³-hybridized carbons (Fsp3) is 0.263. The van der Waals surface area contributed by atoms with E-state index in [-0.39, 0.29) is 17.2 Å². The lowest BCUT2D eigenvalue weighted by Crippen LogP contribution is -2.31. The van der Waals surface area contributed by atoms with Crippen LogP contribution in [-0.4, -0.2) is 21.2 Å². The molecule has 6 nitrogen and oxygen atoms in total. The number of ketones is 1. The maximum absolute atomic E-state index is 12.8. The van der Waals surface area contributed by atoms with Gasteiger partial charge in [-0.05, 0) is 57.5 Å². The van der Waals surface area contributed by atoms with Crippen LogP contribution in [0.15, 0.2) is 35.4 Å². The molecule has 2 heterocycles. The molecule has 1 unspecified atom stereocenters. The maximum atomic E-state index is 12.8. The van der Waals surface area contributed by atoms with Gasteiger partial charge in [-0.25, -0.2) is 4.98 Å². The van der Waals surface area contributed by atoms with E-state index in [1.165, 1.54) is 29.2 Å². The van der Waals surface area contributed by atoms with Crippen LogP contribution in [-0.2, 0) is 4.79 Å². The third-order valence-electron chi connectivity index (χ3n) is 4.47. The van der Waals surface area contributed by atoms with Crippen LogP contribution in [0.3, 0.4) is 0 Å². The van der Waals surface area contributed by atoms with Crippen molar-refractivity contribution in [2.45, 2.75) is 33.7 Å². The first kappa shape index (κ1) is 18.0. The van der Waals surface area contributed by atoms with E-state index in [1.807, 2.05) is 13.8 Å². The van der Waals surface area contributed by atoms with Gasteiger partial charge < -0.3 is 5.32 Å². The van der Waals surface area contributed by atoms with Crippen molar-refractivity contribution >= 4 is 38.9 Å². The average molecular weight is 369 g/mol. The van der Waals surface area contributed by atoms with Crippen LogP contribution in [0.1, 0.15) is 40.7 Å². The topological polar surface area (TPSA) is 81.1 Å². The van der Waals surface area contributed by atoms with E-state index in [2.05, 4.69) is 10.3 Å². The molecule has 0 spiro atoms. The molecule has 1 atom stereocenters. The molecule has 3 rings (SSSR count). The van der Waals surface area contributed by atoms with Crippen molar-refractivity contribution in [2.75, 3.05) is 5.32 Å². The predicted octanol–water partition coefficient (Wildman–Crippen LogP) is 3.48. The number of Topliss-reactive ketones (excluding diaryl/α,β-unsaturated/α-hetero) is 1. The number of carbonyl (C=O) groups is 2. The number of rotatable bonds is 4. The van der Waals surface area contributed by atoms with Crippen LogP contribution in [0.25, 0.3) is 10.2 Å². The summed E-state index contributed by atoms with van der Waals surface area (Å²) in [6, 6.07) is 5.92. The quantitative estimate of drug-likeness (QED) is 0.714. The number of aromatic nitrogens is 2. The highest BCUT2D eigenvalue weighted by Gasteiger charge is 2.20. The fourth-order valence-corrected chi connectivity index (χ4v) is 3.67. The minimum atomic E-state index is -0.716. The first-order valence-corrected chi connectivity index (χ1v) is 9.00. The van der Waals surface area contributed by atoms with Crippen molar-refractivity contribution in [2.24, 2.45) is 0 Å². The number of aryl methyl sites for hydroxylation is 2. The van der Waals surface area contributed by atoms with Crippen LogP contribution in [0, 0.1) is 13.8 Å². The van der Waals surface area contributed by atoms with Crippen LogP contribution in [0.4, 0.5) is 5.69 Å². The van der Waals surface area contributed by atoms with Crippen molar-refractivity contribution in [3.63, 3.8) is 0 Å². The molecule has 1 amide bonds. The Morgan fingerprint density at radius 1 is 1.19 bits per heavy atom. The van der Waals surface area contributed by atoms with Gasteiger partial charge in [0.15, 0.2) is 5.78 Å². The molecular formula is C19H19N3O3S. The lowest BCUT2D eigenvalue weighted by atomic mass is 10.1. The summed E-state index contributed by atoms with van der Waals surface area (Å²) in [6.07, 6.45) is 1.42. The summed E-state index contributed by atoms with van der Waals surface area (Å²) < 4.78 is 1.35. The molecular weight excluding hydrogens is 350 g/mol. The number of fused-ring (bicyclic) bond motifs is 1. The summed E-state index contributed by atoms with van der Waals surface area (Å²) in [5.41, 5.74) is 1.83. The van der Waals surface area contributed by atoms with Crippen molar-refractivity contribution in [1.29, 1.82) is 0 Å². The summed E-state index contributed by atoms with van der Waals surface area (Å²) in [5.74, 6) is -0.364. The molecule has 0 saturated carbocycles. The van der Waals surface area contributed by atoms with Crippen molar-refractivity contribution in [1.82, 2.24) is 9.55 Å². The largest absolute Gasteiger partial charge is 0.324 e. The van der Waals surface area contributed by atoms with Crippen LogP contribution >= 0.6 is 11.3 Å².